The molecule has 0 amide bonds. The van der Waals surface area contributed by atoms with Gasteiger partial charge >= 0.3 is 0 Å². The molecule has 1 unspecified atom stereocenters. The van der Waals surface area contributed by atoms with Crippen LogP contribution in [0.1, 0.15) is 6.92 Å². The molecule has 0 saturated heterocycles. The van der Waals surface area contributed by atoms with Crippen LogP contribution in [0.4, 0.5) is 0 Å². The van der Waals surface area contributed by atoms with Crippen LogP contribution in [0.5, 0.6) is 0 Å². The second-order valence-electron chi connectivity index (χ2n) is 4.00. The van der Waals surface area contributed by atoms with Gasteiger partial charge in [-0.1, -0.05) is 0 Å². The van der Waals surface area contributed by atoms with Gasteiger partial charge in [-0.2, -0.15) is 0 Å². The molecule has 1 atom stereocenters. The van der Waals surface area contributed by atoms with Gasteiger partial charge in [-0.05, 0) is 31.2 Å². The van der Waals surface area contributed by atoms with E-state index < -0.39 is 19.9 Å². The number of hydrogen-bond acceptors (Lipinski definition) is 5. The summed E-state index contributed by atoms with van der Waals surface area (Å²) in [7, 11) is -6.99. The Morgan fingerprint density at radius 3 is 1.94 bits per heavy atom. The lowest BCUT2D eigenvalue weighted by atomic mass is 10.4. The lowest BCUT2D eigenvalue weighted by molar-refractivity contribution is 0.562. The number of nitrogens with two attached hydrogens (primary N) is 1. The summed E-state index contributed by atoms with van der Waals surface area (Å²) >= 11 is 0. The number of sulfonamides is 1. The smallest absolute Gasteiger partial charge is 0.240 e. The number of rotatable bonds is 5. The van der Waals surface area contributed by atoms with Gasteiger partial charge in [0, 0.05) is 18.8 Å². The van der Waals surface area contributed by atoms with Crippen LogP contribution < -0.4 is 10.5 Å². The van der Waals surface area contributed by atoms with Crippen LogP contribution in [-0.2, 0) is 19.9 Å². The zero-order chi connectivity index (χ0) is 14.0. The topological polar surface area (TPSA) is 106 Å². The van der Waals surface area contributed by atoms with Crippen molar-refractivity contribution < 1.29 is 16.8 Å². The van der Waals surface area contributed by atoms with Crippen LogP contribution in [0, 0.1) is 0 Å². The molecule has 3 N–H and O–H groups in total. The van der Waals surface area contributed by atoms with Gasteiger partial charge < -0.3 is 5.73 Å². The van der Waals surface area contributed by atoms with Crippen molar-refractivity contribution in [2.45, 2.75) is 22.8 Å². The predicted octanol–water partition coefficient (Wildman–Crippen LogP) is -0.284. The van der Waals surface area contributed by atoms with Crippen molar-refractivity contribution in [2.75, 3.05) is 12.8 Å². The molecule has 8 heteroatoms. The molecule has 1 rings (SSSR count). The van der Waals surface area contributed by atoms with Crippen molar-refractivity contribution in [1.29, 1.82) is 0 Å². The Kier molecular flexibility index (Phi) is 4.49. The van der Waals surface area contributed by atoms with Gasteiger partial charge in [-0.15, -0.1) is 0 Å². The van der Waals surface area contributed by atoms with Gasteiger partial charge in [-0.25, -0.2) is 21.6 Å². The van der Waals surface area contributed by atoms with E-state index in [2.05, 4.69) is 4.72 Å². The van der Waals surface area contributed by atoms with Crippen LogP contribution in [-0.4, -0.2) is 35.7 Å². The Hall–Kier alpha value is -0.960. The van der Waals surface area contributed by atoms with Gasteiger partial charge in [-0.3, -0.25) is 0 Å². The highest BCUT2D eigenvalue weighted by molar-refractivity contribution is 7.90. The molecule has 0 heterocycles. The first-order valence-electron chi connectivity index (χ1n) is 5.19. The summed E-state index contributed by atoms with van der Waals surface area (Å²) in [5.74, 6) is 0. The fraction of sp³-hybridized carbons (Fsp3) is 0.400. The van der Waals surface area contributed by atoms with Crippen molar-refractivity contribution in [3.63, 3.8) is 0 Å². The van der Waals surface area contributed by atoms with Crippen LogP contribution in [0.25, 0.3) is 0 Å². The fourth-order valence-electron chi connectivity index (χ4n) is 1.25. The van der Waals surface area contributed by atoms with Crippen LogP contribution >= 0.6 is 0 Å². The van der Waals surface area contributed by atoms with Crippen molar-refractivity contribution in [2.24, 2.45) is 5.73 Å². The van der Waals surface area contributed by atoms with Gasteiger partial charge in [0.2, 0.25) is 10.0 Å². The third-order valence-corrected chi connectivity index (χ3v) is 5.01. The first-order chi connectivity index (χ1) is 8.16. The van der Waals surface area contributed by atoms with E-state index in [1.807, 2.05) is 0 Å². The summed E-state index contributed by atoms with van der Waals surface area (Å²) in [5, 5.41) is 0. The van der Waals surface area contributed by atoms with E-state index in [4.69, 9.17) is 5.73 Å². The minimum atomic E-state index is -3.66. The summed E-state index contributed by atoms with van der Waals surface area (Å²) in [5.41, 5.74) is 5.33. The Morgan fingerprint density at radius 1 is 1.11 bits per heavy atom. The zero-order valence-corrected chi connectivity index (χ0v) is 11.8. The first kappa shape index (κ1) is 15.1. The molecule has 0 aliphatic carbocycles. The molecule has 0 aromatic heterocycles. The second kappa shape index (κ2) is 5.35. The average molecular weight is 292 g/mol. The highest BCUT2D eigenvalue weighted by Gasteiger charge is 2.17. The molecule has 0 radical (unpaired) electrons. The van der Waals surface area contributed by atoms with Crippen molar-refractivity contribution in [1.82, 2.24) is 4.72 Å². The monoisotopic (exact) mass is 292 g/mol. The van der Waals surface area contributed by atoms with E-state index in [-0.39, 0.29) is 22.4 Å². The van der Waals surface area contributed by atoms with Gasteiger partial charge in [0.05, 0.1) is 9.79 Å². The number of nitrogens with one attached hydrogen (secondary N) is 1. The molecule has 0 spiro atoms. The lowest BCUT2D eigenvalue weighted by Crippen LogP contribution is -2.37. The Balaban J connectivity index is 3.06. The molecule has 0 fully saturated rings. The number of hydrogen-bond donors (Lipinski definition) is 2. The second-order valence-corrected chi connectivity index (χ2v) is 7.73. The van der Waals surface area contributed by atoms with Crippen molar-refractivity contribution in [3.8, 4) is 0 Å². The van der Waals surface area contributed by atoms with E-state index >= 15 is 0 Å². The zero-order valence-electron chi connectivity index (χ0n) is 10.1. The van der Waals surface area contributed by atoms with Gasteiger partial charge in [0.15, 0.2) is 9.84 Å². The maximum absolute atomic E-state index is 11.8. The average Bonchev–Trinajstić information content (AvgIpc) is 2.27. The summed E-state index contributed by atoms with van der Waals surface area (Å²) in [6.45, 7) is 1.82. The molecule has 1 aromatic carbocycles. The molecule has 18 heavy (non-hydrogen) atoms. The largest absolute Gasteiger partial charge is 0.329 e. The highest BCUT2D eigenvalue weighted by atomic mass is 32.2. The molecule has 1 aromatic rings. The maximum atomic E-state index is 11.8. The SMILES string of the molecule is CC(CN)NS(=O)(=O)c1ccc(S(C)(=O)=O)cc1. The van der Waals surface area contributed by atoms with E-state index in [1.165, 1.54) is 24.3 Å². The summed E-state index contributed by atoms with van der Waals surface area (Å²) in [6, 6.07) is 4.64. The van der Waals surface area contributed by atoms with Crippen LogP contribution in [0.3, 0.4) is 0 Å². The Morgan fingerprint density at radius 2 is 1.56 bits per heavy atom. The molecular formula is C10H16N2O4S2. The molecule has 6 nitrogen and oxygen atoms in total. The third kappa shape index (κ3) is 3.77. The standard InChI is InChI=1S/C10H16N2O4S2/c1-8(7-11)12-18(15,16)10-5-3-9(4-6-10)17(2,13)14/h3-6,8,12H,7,11H2,1-2H3. The minimum absolute atomic E-state index is 0.00944. The summed E-state index contributed by atoms with van der Waals surface area (Å²) in [4.78, 5) is 0.0866. The fourth-order valence-corrected chi connectivity index (χ4v) is 3.13. The Labute approximate surface area is 107 Å². The normalized spacial score (nSPS) is 14.4. The molecular weight excluding hydrogens is 276 g/mol. The van der Waals surface area contributed by atoms with Gasteiger partial charge in [0.1, 0.15) is 0 Å². The van der Waals surface area contributed by atoms with E-state index in [0.29, 0.717) is 0 Å². The minimum Gasteiger partial charge on any atom is -0.329 e. The highest BCUT2D eigenvalue weighted by Crippen LogP contribution is 2.14. The molecule has 0 bridgehead atoms. The predicted molar refractivity (Wildman–Crippen MR) is 68.4 cm³/mol. The molecule has 0 saturated carbocycles. The van der Waals surface area contributed by atoms with Crippen molar-refractivity contribution >= 4 is 19.9 Å². The van der Waals surface area contributed by atoms with E-state index in [0.717, 1.165) is 6.26 Å². The van der Waals surface area contributed by atoms with E-state index in [9.17, 15) is 16.8 Å². The quantitative estimate of drug-likeness (QED) is 0.776. The van der Waals surface area contributed by atoms with Crippen LogP contribution in [0.2, 0.25) is 0 Å². The lowest BCUT2D eigenvalue weighted by Gasteiger charge is -2.12. The summed E-state index contributed by atoms with van der Waals surface area (Å²) < 4.78 is 48.5. The number of benzene rings is 1. The summed E-state index contributed by atoms with van der Waals surface area (Å²) in [6.07, 6.45) is 1.06. The van der Waals surface area contributed by atoms with Gasteiger partial charge in [0.25, 0.3) is 0 Å². The number of sulfone groups is 1. The first-order valence-corrected chi connectivity index (χ1v) is 8.57. The van der Waals surface area contributed by atoms with Crippen molar-refractivity contribution in [3.05, 3.63) is 24.3 Å². The maximum Gasteiger partial charge on any atom is 0.240 e. The Bertz CT molecular complexity index is 606. The molecule has 0 aliphatic heterocycles. The van der Waals surface area contributed by atoms with E-state index in [1.54, 1.807) is 6.92 Å². The third-order valence-electron chi connectivity index (χ3n) is 2.27. The molecule has 0 aliphatic rings. The molecule has 102 valence electrons. The van der Waals surface area contributed by atoms with Crippen LogP contribution in [0.15, 0.2) is 34.1 Å².